The van der Waals surface area contributed by atoms with Crippen molar-refractivity contribution in [1.29, 1.82) is 0 Å². The summed E-state index contributed by atoms with van der Waals surface area (Å²) < 4.78 is 5.33. The minimum absolute atomic E-state index is 0.0285. The largest absolute Gasteiger partial charge is 0.378 e. The van der Waals surface area contributed by atoms with Gasteiger partial charge in [-0.3, -0.25) is 10.2 Å². The third-order valence-corrected chi connectivity index (χ3v) is 5.44. The SMILES string of the molecule is C/C(=N\Nc1ccc(-c2cccc(C(=O)N3CCOCC3)c2)cn1)c1ccccc1Cl. The Morgan fingerprint density at radius 3 is 2.61 bits per heavy atom. The fraction of sp³-hybridized carbons (Fsp3) is 0.208. The molecule has 0 saturated carbocycles. The molecule has 6 nitrogen and oxygen atoms in total. The fourth-order valence-corrected chi connectivity index (χ4v) is 3.64. The van der Waals surface area contributed by atoms with E-state index in [0.29, 0.717) is 42.7 Å². The van der Waals surface area contributed by atoms with E-state index in [0.717, 1.165) is 22.4 Å². The molecule has 0 bridgehead atoms. The Bertz CT molecular complexity index is 1090. The van der Waals surface area contributed by atoms with Gasteiger partial charge >= 0.3 is 0 Å². The fourth-order valence-electron chi connectivity index (χ4n) is 3.37. The van der Waals surface area contributed by atoms with E-state index in [1.807, 2.05) is 72.5 Å². The van der Waals surface area contributed by atoms with Crippen molar-refractivity contribution in [3.63, 3.8) is 0 Å². The number of hydrazone groups is 1. The second-order valence-corrected chi connectivity index (χ2v) is 7.61. The van der Waals surface area contributed by atoms with Gasteiger partial charge < -0.3 is 9.64 Å². The number of nitrogens with zero attached hydrogens (tertiary/aromatic N) is 3. The number of amides is 1. The summed E-state index contributed by atoms with van der Waals surface area (Å²) in [4.78, 5) is 19.0. The Kier molecular flexibility index (Phi) is 6.60. The summed E-state index contributed by atoms with van der Waals surface area (Å²) in [5.41, 5.74) is 7.14. The van der Waals surface area contributed by atoms with E-state index in [4.69, 9.17) is 16.3 Å². The van der Waals surface area contributed by atoms with E-state index in [1.165, 1.54) is 0 Å². The van der Waals surface area contributed by atoms with Crippen LogP contribution in [0.25, 0.3) is 11.1 Å². The monoisotopic (exact) mass is 434 g/mol. The van der Waals surface area contributed by atoms with Crippen molar-refractivity contribution in [1.82, 2.24) is 9.88 Å². The number of benzene rings is 2. The van der Waals surface area contributed by atoms with Crippen LogP contribution in [-0.4, -0.2) is 47.8 Å². The third-order valence-electron chi connectivity index (χ3n) is 5.11. The topological polar surface area (TPSA) is 66.8 Å². The van der Waals surface area contributed by atoms with Crippen molar-refractivity contribution in [3.05, 3.63) is 83.0 Å². The predicted octanol–water partition coefficient (Wildman–Crippen LogP) is 4.71. The highest BCUT2D eigenvalue weighted by atomic mass is 35.5. The van der Waals surface area contributed by atoms with E-state index in [2.05, 4.69) is 15.5 Å². The molecule has 0 radical (unpaired) electrons. The second kappa shape index (κ2) is 9.73. The summed E-state index contributed by atoms with van der Waals surface area (Å²) in [6, 6.07) is 19.0. The van der Waals surface area contributed by atoms with Gasteiger partial charge in [0, 0.05) is 41.0 Å². The van der Waals surface area contributed by atoms with E-state index in [9.17, 15) is 4.79 Å². The number of anilines is 1. The molecule has 1 aliphatic heterocycles. The van der Waals surface area contributed by atoms with E-state index in [1.54, 1.807) is 6.20 Å². The van der Waals surface area contributed by atoms with Crippen LogP contribution in [0.4, 0.5) is 5.82 Å². The van der Waals surface area contributed by atoms with Gasteiger partial charge in [0.15, 0.2) is 0 Å². The van der Waals surface area contributed by atoms with Crippen molar-refractivity contribution in [3.8, 4) is 11.1 Å². The number of morpholine rings is 1. The molecule has 4 rings (SSSR count). The molecule has 2 aromatic carbocycles. The van der Waals surface area contributed by atoms with Crippen LogP contribution in [-0.2, 0) is 4.74 Å². The first-order chi connectivity index (χ1) is 15.1. The molecule has 158 valence electrons. The summed E-state index contributed by atoms with van der Waals surface area (Å²) in [5, 5.41) is 5.03. The molecule has 0 spiro atoms. The first kappa shape index (κ1) is 21.0. The van der Waals surface area contributed by atoms with Crippen LogP contribution in [0.1, 0.15) is 22.8 Å². The van der Waals surface area contributed by atoms with E-state index in [-0.39, 0.29) is 5.91 Å². The Balaban J connectivity index is 1.46. The van der Waals surface area contributed by atoms with Crippen LogP contribution < -0.4 is 5.43 Å². The molecule has 7 heteroatoms. The number of halogens is 1. The maximum atomic E-state index is 12.7. The number of carbonyl (C=O) groups excluding carboxylic acids is 1. The highest BCUT2D eigenvalue weighted by molar-refractivity contribution is 6.34. The molecule has 1 N–H and O–H groups in total. The number of aromatic nitrogens is 1. The van der Waals surface area contributed by atoms with Gasteiger partial charge in [-0.25, -0.2) is 4.98 Å². The molecule has 3 aromatic rings. The lowest BCUT2D eigenvalue weighted by atomic mass is 10.0. The number of ether oxygens (including phenoxy) is 1. The smallest absolute Gasteiger partial charge is 0.254 e. The van der Waals surface area contributed by atoms with Crippen molar-refractivity contribution in [2.45, 2.75) is 6.92 Å². The minimum atomic E-state index is 0.0285. The zero-order chi connectivity index (χ0) is 21.6. The highest BCUT2D eigenvalue weighted by Gasteiger charge is 2.18. The lowest BCUT2D eigenvalue weighted by molar-refractivity contribution is 0.0303. The number of hydrogen-bond donors (Lipinski definition) is 1. The second-order valence-electron chi connectivity index (χ2n) is 7.21. The number of rotatable bonds is 5. The number of carbonyl (C=O) groups is 1. The average molecular weight is 435 g/mol. The third kappa shape index (κ3) is 5.10. The molecule has 2 heterocycles. The van der Waals surface area contributed by atoms with Crippen molar-refractivity contribution in [2.75, 3.05) is 31.7 Å². The molecular weight excluding hydrogens is 412 g/mol. The van der Waals surface area contributed by atoms with Crippen LogP contribution in [0, 0.1) is 0 Å². The molecule has 1 amide bonds. The molecular formula is C24H23ClN4O2. The van der Waals surface area contributed by atoms with Crippen molar-refractivity contribution >= 4 is 29.0 Å². The van der Waals surface area contributed by atoms with Gasteiger partial charge in [-0.15, -0.1) is 0 Å². The Morgan fingerprint density at radius 1 is 1.06 bits per heavy atom. The van der Waals surface area contributed by atoms with Crippen LogP contribution in [0.5, 0.6) is 0 Å². The van der Waals surface area contributed by atoms with Crippen LogP contribution in [0.2, 0.25) is 5.02 Å². The number of hydrogen-bond acceptors (Lipinski definition) is 5. The molecule has 1 fully saturated rings. The zero-order valence-corrected chi connectivity index (χ0v) is 18.0. The van der Waals surface area contributed by atoms with E-state index >= 15 is 0 Å². The number of nitrogens with one attached hydrogen (secondary N) is 1. The number of pyridine rings is 1. The maximum Gasteiger partial charge on any atom is 0.254 e. The Hall–Kier alpha value is -3.22. The molecule has 1 saturated heterocycles. The predicted molar refractivity (Wildman–Crippen MR) is 124 cm³/mol. The van der Waals surface area contributed by atoms with Crippen molar-refractivity contribution < 1.29 is 9.53 Å². The first-order valence-corrected chi connectivity index (χ1v) is 10.5. The van der Waals surface area contributed by atoms with Crippen LogP contribution >= 0.6 is 11.6 Å². The summed E-state index contributed by atoms with van der Waals surface area (Å²) >= 11 is 6.22. The summed E-state index contributed by atoms with van der Waals surface area (Å²) in [7, 11) is 0. The zero-order valence-electron chi connectivity index (χ0n) is 17.2. The molecule has 31 heavy (non-hydrogen) atoms. The Morgan fingerprint density at radius 2 is 1.87 bits per heavy atom. The molecule has 0 atom stereocenters. The first-order valence-electron chi connectivity index (χ1n) is 10.1. The van der Waals surface area contributed by atoms with Crippen LogP contribution in [0.3, 0.4) is 0 Å². The van der Waals surface area contributed by atoms with Gasteiger partial charge in [0.2, 0.25) is 0 Å². The Labute approximate surface area is 186 Å². The van der Waals surface area contributed by atoms with Gasteiger partial charge in [-0.2, -0.15) is 5.10 Å². The average Bonchev–Trinajstić information content (AvgIpc) is 2.83. The summed E-state index contributed by atoms with van der Waals surface area (Å²) in [5.74, 6) is 0.650. The van der Waals surface area contributed by atoms with Crippen molar-refractivity contribution in [2.24, 2.45) is 5.10 Å². The van der Waals surface area contributed by atoms with Gasteiger partial charge in [0.25, 0.3) is 5.91 Å². The van der Waals surface area contributed by atoms with Gasteiger partial charge in [0.1, 0.15) is 5.82 Å². The summed E-state index contributed by atoms with van der Waals surface area (Å²) in [6.07, 6.45) is 1.76. The standard InChI is InChI=1S/C24H23ClN4O2/c1-17(21-7-2-3-8-22(21)25)27-28-23-10-9-20(16-26-23)18-5-4-6-19(15-18)24(30)29-11-13-31-14-12-29/h2-10,15-16H,11-14H2,1H3,(H,26,28)/b27-17+. The highest BCUT2D eigenvalue weighted by Crippen LogP contribution is 2.22. The molecule has 1 aliphatic rings. The van der Waals surface area contributed by atoms with Crippen LogP contribution in [0.15, 0.2) is 72.0 Å². The van der Waals surface area contributed by atoms with Gasteiger partial charge in [0.05, 0.1) is 18.9 Å². The lowest BCUT2D eigenvalue weighted by Crippen LogP contribution is -2.40. The van der Waals surface area contributed by atoms with Gasteiger partial charge in [-0.05, 0) is 42.8 Å². The summed E-state index contributed by atoms with van der Waals surface area (Å²) in [6.45, 7) is 4.31. The molecule has 1 aromatic heterocycles. The lowest BCUT2D eigenvalue weighted by Gasteiger charge is -2.27. The normalized spacial score (nSPS) is 14.4. The maximum absolute atomic E-state index is 12.7. The molecule has 0 aliphatic carbocycles. The minimum Gasteiger partial charge on any atom is -0.378 e. The van der Waals surface area contributed by atoms with Gasteiger partial charge in [-0.1, -0.05) is 41.9 Å². The quantitative estimate of drug-likeness (QED) is 0.466. The molecule has 0 unspecified atom stereocenters. The van der Waals surface area contributed by atoms with E-state index < -0.39 is 0 Å².